The Hall–Kier alpha value is -1.36. The number of nitrogens with one attached hydrogen (secondary N) is 1. The number of fused-ring (bicyclic) bond motifs is 1. The highest BCUT2D eigenvalue weighted by molar-refractivity contribution is 7.10. The maximum Gasteiger partial charge on any atom is 0.111 e. The van der Waals surface area contributed by atoms with Crippen molar-refractivity contribution in [2.24, 2.45) is 0 Å². The lowest BCUT2D eigenvalue weighted by Gasteiger charge is -2.16. The molecular weight excluding hydrogens is 302 g/mol. The predicted octanol–water partition coefficient (Wildman–Crippen LogP) is 4.27. The molecule has 0 aliphatic carbocycles. The number of thiophene rings is 1. The van der Waals surface area contributed by atoms with Gasteiger partial charge in [-0.25, -0.2) is 4.98 Å². The summed E-state index contributed by atoms with van der Waals surface area (Å²) in [4.78, 5) is 5.97. The summed E-state index contributed by atoms with van der Waals surface area (Å²) in [6, 6.07) is 10.4. The van der Waals surface area contributed by atoms with Crippen molar-refractivity contribution in [2.75, 3.05) is 7.05 Å². The van der Waals surface area contributed by atoms with E-state index in [1.54, 1.807) is 11.3 Å². The molecule has 0 radical (unpaired) electrons. The summed E-state index contributed by atoms with van der Waals surface area (Å²) in [6.45, 7) is 3.08. The van der Waals surface area contributed by atoms with Gasteiger partial charge in [-0.1, -0.05) is 23.7 Å². The lowest BCUT2D eigenvalue weighted by atomic mass is 10.1. The first-order valence-electron chi connectivity index (χ1n) is 7.09. The second kappa shape index (κ2) is 6.18. The summed E-state index contributed by atoms with van der Waals surface area (Å²) < 4.78 is 2.28. The molecule has 0 saturated carbocycles. The van der Waals surface area contributed by atoms with Crippen molar-refractivity contribution in [1.29, 1.82) is 0 Å². The molecule has 5 heteroatoms. The number of aromatic nitrogens is 2. The van der Waals surface area contributed by atoms with E-state index < -0.39 is 0 Å². The van der Waals surface area contributed by atoms with E-state index in [1.165, 1.54) is 10.4 Å². The fraction of sp³-hybridized carbons (Fsp3) is 0.312. The largest absolute Gasteiger partial charge is 0.328 e. The molecule has 1 unspecified atom stereocenters. The van der Waals surface area contributed by atoms with E-state index in [9.17, 15) is 0 Å². The van der Waals surface area contributed by atoms with Crippen LogP contribution in [0.3, 0.4) is 0 Å². The Balaban J connectivity index is 1.98. The molecule has 0 fully saturated rings. The number of imidazole rings is 1. The van der Waals surface area contributed by atoms with Crippen LogP contribution in [0.4, 0.5) is 0 Å². The summed E-state index contributed by atoms with van der Waals surface area (Å²) in [5.74, 6) is 1.10. The van der Waals surface area contributed by atoms with Crippen LogP contribution in [0.5, 0.6) is 0 Å². The summed E-state index contributed by atoms with van der Waals surface area (Å²) >= 11 is 7.97. The molecule has 3 aromatic rings. The van der Waals surface area contributed by atoms with Gasteiger partial charge in [-0.05, 0) is 37.6 Å². The average Bonchev–Trinajstić information content (AvgIpc) is 3.07. The molecule has 21 heavy (non-hydrogen) atoms. The molecule has 0 saturated heterocycles. The molecule has 110 valence electrons. The number of nitrogens with zero attached hydrogens (tertiary/aromatic N) is 2. The third kappa shape index (κ3) is 2.71. The number of hydrogen-bond donors (Lipinski definition) is 1. The maximum absolute atomic E-state index is 6.28. The van der Waals surface area contributed by atoms with Gasteiger partial charge in [0.05, 0.1) is 16.1 Å². The fourth-order valence-electron chi connectivity index (χ4n) is 2.70. The van der Waals surface area contributed by atoms with E-state index in [-0.39, 0.29) is 6.04 Å². The molecular formula is C16H18ClN3S. The van der Waals surface area contributed by atoms with Gasteiger partial charge in [0.15, 0.2) is 0 Å². The van der Waals surface area contributed by atoms with Gasteiger partial charge in [-0.3, -0.25) is 0 Å². The van der Waals surface area contributed by atoms with E-state index in [0.29, 0.717) is 0 Å². The second-order valence-corrected chi connectivity index (χ2v) is 6.29. The molecule has 3 rings (SSSR count). The Kier molecular flexibility index (Phi) is 4.29. The number of aryl methyl sites for hydroxylation is 1. The standard InChI is InChI=1S/C16H18ClN3S/c1-3-20-14-7-5-4-6-12(14)19-15(20)10-13(18-2)16-11(17)8-9-21-16/h4-9,13,18H,3,10H2,1-2H3. The minimum atomic E-state index is 0.194. The summed E-state index contributed by atoms with van der Waals surface area (Å²) in [5.41, 5.74) is 2.25. The Morgan fingerprint density at radius 1 is 1.33 bits per heavy atom. The number of rotatable bonds is 5. The van der Waals surface area contributed by atoms with Crippen molar-refractivity contribution >= 4 is 34.0 Å². The quantitative estimate of drug-likeness (QED) is 0.761. The van der Waals surface area contributed by atoms with Crippen LogP contribution in [0.25, 0.3) is 11.0 Å². The van der Waals surface area contributed by atoms with Gasteiger partial charge >= 0.3 is 0 Å². The van der Waals surface area contributed by atoms with Crippen LogP contribution in [-0.2, 0) is 13.0 Å². The molecule has 1 N–H and O–H groups in total. The van der Waals surface area contributed by atoms with Crippen LogP contribution in [0.15, 0.2) is 35.7 Å². The van der Waals surface area contributed by atoms with Crippen LogP contribution < -0.4 is 5.32 Å². The fourth-order valence-corrected chi connectivity index (χ4v) is 4.00. The number of halogens is 1. The summed E-state index contributed by atoms with van der Waals surface area (Å²) in [6.07, 6.45) is 0.833. The minimum Gasteiger partial charge on any atom is -0.328 e. The molecule has 0 amide bonds. The molecule has 2 aromatic heterocycles. The number of para-hydroxylation sites is 2. The lowest BCUT2D eigenvalue weighted by Crippen LogP contribution is -2.20. The van der Waals surface area contributed by atoms with Crippen LogP contribution in [-0.4, -0.2) is 16.6 Å². The molecule has 3 nitrogen and oxygen atoms in total. The Morgan fingerprint density at radius 2 is 2.14 bits per heavy atom. The van der Waals surface area contributed by atoms with Crippen molar-refractivity contribution in [3.63, 3.8) is 0 Å². The highest BCUT2D eigenvalue weighted by Gasteiger charge is 2.19. The van der Waals surface area contributed by atoms with Crippen molar-refractivity contribution < 1.29 is 0 Å². The van der Waals surface area contributed by atoms with Crippen LogP contribution in [0.2, 0.25) is 5.02 Å². The first-order chi connectivity index (χ1) is 10.2. The van der Waals surface area contributed by atoms with Gasteiger partial charge in [0.1, 0.15) is 5.82 Å². The van der Waals surface area contributed by atoms with Crippen molar-refractivity contribution in [3.8, 4) is 0 Å². The van der Waals surface area contributed by atoms with Gasteiger partial charge in [0.2, 0.25) is 0 Å². The molecule has 0 bridgehead atoms. The molecule has 0 spiro atoms. The topological polar surface area (TPSA) is 29.9 Å². The maximum atomic E-state index is 6.28. The zero-order valence-electron chi connectivity index (χ0n) is 12.1. The first-order valence-corrected chi connectivity index (χ1v) is 8.34. The Morgan fingerprint density at radius 3 is 2.81 bits per heavy atom. The van der Waals surface area contributed by atoms with Crippen molar-refractivity contribution in [2.45, 2.75) is 25.9 Å². The van der Waals surface area contributed by atoms with Crippen molar-refractivity contribution in [3.05, 3.63) is 51.4 Å². The second-order valence-electron chi connectivity index (χ2n) is 4.94. The smallest absolute Gasteiger partial charge is 0.111 e. The average molecular weight is 320 g/mol. The zero-order valence-corrected chi connectivity index (χ0v) is 13.7. The molecule has 0 aliphatic rings. The number of hydrogen-bond acceptors (Lipinski definition) is 3. The minimum absolute atomic E-state index is 0.194. The summed E-state index contributed by atoms with van der Waals surface area (Å²) in [7, 11) is 1.97. The lowest BCUT2D eigenvalue weighted by molar-refractivity contribution is 0.564. The summed E-state index contributed by atoms with van der Waals surface area (Å²) in [5, 5.41) is 6.23. The number of benzene rings is 1. The normalized spacial score (nSPS) is 12.9. The van der Waals surface area contributed by atoms with Crippen LogP contribution >= 0.6 is 22.9 Å². The Bertz CT molecular complexity index is 747. The van der Waals surface area contributed by atoms with E-state index in [0.717, 1.165) is 29.3 Å². The third-order valence-corrected chi connectivity index (χ3v) is 5.22. The third-order valence-electron chi connectivity index (χ3n) is 3.75. The molecule has 1 aromatic carbocycles. The molecule has 1 atom stereocenters. The Labute approximate surface area is 133 Å². The van der Waals surface area contributed by atoms with Gasteiger partial charge in [-0.15, -0.1) is 11.3 Å². The van der Waals surface area contributed by atoms with Gasteiger partial charge < -0.3 is 9.88 Å². The van der Waals surface area contributed by atoms with E-state index >= 15 is 0 Å². The highest BCUT2D eigenvalue weighted by Crippen LogP contribution is 2.31. The first kappa shape index (κ1) is 14.6. The molecule has 0 aliphatic heterocycles. The van der Waals surface area contributed by atoms with Crippen LogP contribution in [0.1, 0.15) is 23.7 Å². The van der Waals surface area contributed by atoms with Gasteiger partial charge in [-0.2, -0.15) is 0 Å². The zero-order chi connectivity index (χ0) is 14.8. The van der Waals surface area contributed by atoms with Crippen LogP contribution in [0, 0.1) is 0 Å². The predicted molar refractivity (Wildman–Crippen MR) is 90.2 cm³/mol. The van der Waals surface area contributed by atoms with E-state index in [2.05, 4.69) is 35.0 Å². The van der Waals surface area contributed by atoms with Gasteiger partial charge in [0, 0.05) is 23.9 Å². The highest BCUT2D eigenvalue weighted by atomic mass is 35.5. The van der Waals surface area contributed by atoms with E-state index in [4.69, 9.17) is 16.6 Å². The SMILES string of the molecule is CCn1c(CC(NC)c2sccc2Cl)nc2ccccc21. The molecule has 2 heterocycles. The monoisotopic (exact) mass is 319 g/mol. The van der Waals surface area contributed by atoms with E-state index in [1.807, 2.05) is 24.6 Å². The number of likely N-dealkylation sites (N-methyl/N-ethyl adjacent to an activating group) is 1. The van der Waals surface area contributed by atoms with Crippen molar-refractivity contribution in [1.82, 2.24) is 14.9 Å². The van der Waals surface area contributed by atoms with Gasteiger partial charge in [0.25, 0.3) is 0 Å².